The maximum atomic E-state index is 13.6. The van der Waals surface area contributed by atoms with Gasteiger partial charge in [-0.15, -0.1) is 0 Å². The van der Waals surface area contributed by atoms with Crippen LogP contribution in [-0.4, -0.2) is 33.2 Å². The molecule has 3 N–H and O–H groups in total. The molecule has 4 aliphatic rings. The lowest BCUT2D eigenvalue weighted by molar-refractivity contribution is -0.290. The summed E-state index contributed by atoms with van der Waals surface area (Å²) in [4.78, 5) is 0. The highest BCUT2D eigenvalue weighted by Crippen LogP contribution is 2.69. The predicted molar refractivity (Wildman–Crippen MR) is 137 cm³/mol. The first-order valence-corrected chi connectivity index (χ1v) is 14.5. The first-order chi connectivity index (χ1) is 17.3. The molecule has 4 fully saturated rings. The first-order valence-electron chi connectivity index (χ1n) is 14.5. The molecule has 0 bridgehead atoms. The monoisotopic (exact) mass is 522 g/mol. The number of benzene rings is 1. The van der Waals surface area contributed by atoms with Gasteiger partial charge in [-0.1, -0.05) is 51.1 Å². The highest BCUT2D eigenvalue weighted by molar-refractivity contribution is 5.18. The fraction of sp³-hybridized carbons (Fsp3) is 0.806. The van der Waals surface area contributed by atoms with Crippen LogP contribution < -0.4 is 0 Å². The number of fused-ring (bicyclic) bond motifs is 5. The Morgan fingerprint density at radius 3 is 2.24 bits per heavy atom. The zero-order valence-corrected chi connectivity index (χ0v) is 22.6. The third-order valence-electron chi connectivity index (χ3n) is 12.2. The number of halogens is 3. The Bertz CT molecular complexity index is 953. The fourth-order valence-corrected chi connectivity index (χ4v) is 9.93. The van der Waals surface area contributed by atoms with E-state index >= 15 is 0 Å². The van der Waals surface area contributed by atoms with E-state index in [9.17, 15) is 28.5 Å². The third kappa shape index (κ3) is 4.47. The van der Waals surface area contributed by atoms with Gasteiger partial charge in [0, 0.05) is 6.42 Å². The van der Waals surface area contributed by atoms with Gasteiger partial charge in [0.05, 0.1) is 12.2 Å². The molecule has 0 spiro atoms. The zero-order chi connectivity index (χ0) is 26.8. The Labute approximate surface area is 219 Å². The van der Waals surface area contributed by atoms with Gasteiger partial charge < -0.3 is 15.3 Å². The predicted octanol–water partition coefficient (Wildman–Crippen LogP) is 7.06. The zero-order valence-electron chi connectivity index (χ0n) is 22.6. The molecular formula is C31H45F3O3. The molecule has 37 heavy (non-hydrogen) atoms. The molecule has 0 radical (unpaired) electrons. The summed E-state index contributed by atoms with van der Waals surface area (Å²) in [5.41, 5.74) is -1.71. The van der Waals surface area contributed by atoms with Crippen molar-refractivity contribution in [3.05, 3.63) is 35.9 Å². The standard InChI is InChI=1S/C31H45F3O3/c1-19(26(35)17-27(36)20-7-5-4-6-8-20)23-11-12-24-22-10-9-21-18-30(37,31(32,33)34)16-15-28(21,2)25(22)13-14-29(23,24)3/h4-8,19,21-27,35-37H,9-18H2,1-3H3/t19-,21+,22+,23+,24+,25+,26+,27+,28+,29-,30+/m1/s1. The highest BCUT2D eigenvalue weighted by Gasteiger charge is 2.65. The number of alkyl halides is 3. The van der Waals surface area contributed by atoms with E-state index in [0.717, 1.165) is 44.1 Å². The Kier molecular flexibility index (Phi) is 7.06. The normalized spacial score (nSPS) is 44.3. The van der Waals surface area contributed by atoms with Crippen molar-refractivity contribution < 1.29 is 28.5 Å². The molecule has 208 valence electrons. The summed E-state index contributed by atoms with van der Waals surface area (Å²) in [7, 11) is 0. The summed E-state index contributed by atoms with van der Waals surface area (Å²) in [5.74, 6) is 1.85. The maximum absolute atomic E-state index is 13.6. The lowest BCUT2D eigenvalue weighted by Crippen LogP contribution is -2.59. The summed E-state index contributed by atoms with van der Waals surface area (Å²) in [6.45, 7) is 6.76. The molecule has 0 aromatic heterocycles. The van der Waals surface area contributed by atoms with Gasteiger partial charge in [0.25, 0.3) is 0 Å². The minimum atomic E-state index is -4.56. The van der Waals surface area contributed by atoms with Crippen molar-refractivity contribution in [1.29, 1.82) is 0 Å². The summed E-state index contributed by atoms with van der Waals surface area (Å²) in [6, 6.07) is 9.52. The third-order valence-corrected chi connectivity index (χ3v) is 12.2. The van der Waals surface area contributed by atoms with Crippen LogP contribution in [0.5, 0.6) is 0 Å². The molecule has 4 aliphatic carbocycles. The summed E-state index contributed by atoms with van der Waals surface area (Å²) in [6.07, 6.45) is 0.629. The van der Waals surface area contributed by atoms with E-state index < -0.39 is 24.0 Å². The molecule has 5 rings (SSSR count). The fourth-order valence-electron chi connectivity index (χ4n) is 9.93. The topological polar surface area (TPSA) is 60.7 Å². The molecule has 0 heterocycles. The van der Waals surface area contributed by atoms with Crippen LogP contribution in [0.25, 0.3) is 0 Å². The van der Waals surface area contributed by atoms with Gasteiger partial charge in [-0.25, -0.2) is 0 Å². The molecular weight excluding hydrogens is 477 g/mol. The lowest BCUT2D eigenvalue weighted by atomic mass is 9.43. The molecule has 1 aromatic rings. The van der Waals surface area contributed by atoms with Crippen molar-refractivity contribution in [2.24, 2.45) is 46.3 Å². The van der Waals surface area contributed by atoms with E-state index in [4.69, 9.17) is 0 Å². The van der Waals surface area contributed by atoms with Crippen LogP contribution in [0.15, 0.2) is 30.3 Å². The largest absolute Gasteiger partial charge is 0.417 e. The molecule has 11 atom stereocenters. The lowest BCUT2D eigenvalue weighted by Gasteiger charge is -2.62. The molecule has 0 unspecified atom stereocenters. The van der Waals surface area contributed by atoms with Crippen molar-refractivity contribution >= 4 is 0 Å². The minimum absolute atomic E-state index is 0.0732. The average Bonchev–Trinajstić information content (AvgIpc) is 3.21. The van der Waals surface area contributed by atoms with Crippen molar-refractivity contribution in [3.8, 4) is 0 Å². The number of rotatable bonds is 5. The van der Waals surface area contributed by atoms with Crippen LogP contribution >= 0.6 is 0 Å². The molecule has 0 amide bonds. The molecule has 6 heteroatoms. The Morgan fingerprint density at radius 1 is 0.892 bits per heavy atom. The quantitative estimate of drug-likeness (QED) is 0.388. The molecule has 1 aromatic carbocycles. The SMILES string of the molecule is C[C@@H]([C@@H](O)C[C@H](O)c1ccccc1)[C@@H]1CC[C@H]2[C@@H]3CC[C@H]4C[C@](O)(C(F)(F)F)CC[C@]4(C)[C@H]3CC[C@]12C. The number of aliphatic hydroxyl groups is 3. The van der Waals surface area contributed by atoms with Crippen LogP contribution in [0.2, 0.25) is 0 Å². The van der Waals surface area contributed by atoms with Crippen LogP contribution in [0.1, 0.15) is 96.6 Å². The van der Waals surface area contributed by atoms with Gasteiger partial charge >= 0.3 is 6.18 Å². The second kappa shape index (κ2) is 9.52. The first kappa shape index (κ1) is 27.5. The second-order valence-corrected chi connectivity index (χ2v) is 13.7. The van der Waals surface area contributed by atoms with Crippen molar-refractivity contribution in [2.45, 2.75) is 109 Å². The van der Waals surface area contributed by atoms with E-state index in [0.29, 0.717) is 36.5 Å². The van der Waals surface area contributed by atoms with Crippen LogP contribution in [0.3, 0.4) is 0 Å². The van der Waals surface area contributed by atoms with Crippen LogP contribution in [0, 0.1) is 46.3 Å². The minimum Gasteiger partial charge on any atom is -0.393 e. The molecule has 3 nitrogen and oxygen atoms in total. The van der Waals surface area contributed by atoms with E-state index in [1.807, 2.05) is 30.3 Å². The van der Waals surface area contributed by atoms with Gasteiger partial charge in [0.1, 0.15) is 0 Å². The molecule has 0 saturated heterocycles. The second-order valence-electron chi connectivity index (χ2n) is 13.7. The smallest absolute Gasteiger partial charge is 0.393 e. The van der Waals surface area contributed by atoms with Crippen molar-refractivity contribution in [1.82, 2.24) is 0 Å². The molecule has 4 saturated carbocycles. The maximum Gasteiger partial charge on any atom is 0.417 e. The Hall–Kier alpha value is -1.11. The number of aliphatic hydroxyl groups excluding tert-OH is 2. The van der Waals surface area contributed by atoms with Gasteiger partial charge in [0.15, 0.2) is 5.60 Å². The van der Waals surface area contributed by atoms with Gasteiger partial charge in [0.2, 0.25) is 0 Å². The van der Waals surface area contributed by atoms with Crippen molar-refractivity contribution in [3.63, 3.8) is 0 Å². The van der Waals surface area contributed by atoms with Crippen LogP contribution in [-0.2, 0) is 0 Å². The van der Waals surface area contributed by atoms with E-state index in [1.54, 1.807) is 0 Å². The van der Waals surface area contributed by atoms with Crippen molar-refractivity contribution in [2.75, 3.05) is 0 Å². The van der Waals surface area contributed by atoms with Gasteiger partial charge in [-0.2, -0.15) is 13.2 Å². The van der Waals surface area contributed by atoms with E-state index in [-0.39, 0.29) is 35.5 Å². The number of hydrogen-bond acceptors (Lipinski definition) is 3. The average molecular weight is 523 g/mol. The van der Waals surface area contributed by atoms with Gasteiger partial charge in [-0.3, -0.25) is 0 Å². The van der Waals surface area contributed by atoms with Gasteiger partial charge in [-0.05, 0) is 110 Å². The molecule has 0 aliphatic heterocycles. The Balaban J connectivity index is 1.28. The van der Waals surface area contributed by atoms with Crippen LogP contribution in [0.4, 0.5) is 13.2 Å². The summed E-state index contributed by atoms with van der Waals surface area (Å²) in [5, 5.41) is 32.4. The summed E-state index contributed by atoms with van der Waals surface area (Å²) >= 11 is 0. The van der Waals surface area contributed by atoms with E-state index in [2.05, 4.69) is 20.8 Å². The highest BCUT2D eigenvalue weighted by atomic mass is 19.4. The Morgan fingerprint density at radius 2 is 1.57 bits per heavy atom. The van der Waals surface area contributed by atoms with E-state index in [1.165, 1.54) is 0 Å². The number of hydrogen-bond donors (Lipinski definition) is 3. The summed E-state index contributed by atoms with van der Waals surface area (Å²) < 4.78 is 40.9.